The second-order valence-corrected chi connectivity index (χ2v) is 5.04. The summed E-state index contributed by atoms with van der Waals surface area (Å²) in [6.45, 7) is 0. The number of carbonyl (C=O) groups excluding carboxylic acids is 2. The van der Waals surface area contributed by atoms with Crippen molar-refractivity contribution in [2.24, 2.45) is 0 Å². The van der Waals surface area contributed by atoms with E-state index in [9.17, 15) is 9.59 Å². The predicted molar refractivity (Wildman–Crippen MR) is 85.2 cm³/mol. The van der Waals surface area contributed by atoms with Crippen molar-refractivity contribution in [2.45, 2.75) is 0 Å². The molecule has 6 heteroatoms. The molecule has 2 rings (SSSR count). The molecule has 0 saturated carbocycles. The molecule has 0 heterocycles. The van der Waals surface area contributed by atoms with E-state index in [4.69, 9.17) is 0 Å². The number of hydrogen-bond acceptors (Lipinski definition) is 2. The van der Waals surface area contributed by atoms with Crippen LogP contribution in [0.4, 0.5) is 10.5 Å². The van der Waals surface area contributed by atoms with Gasteiger partial charge in [0.2, 0.25) is 0 Å². The average Bonchev–Trinajstić information content (AvgIpc) is 2.46. The molecule has 2 aromatic carbocycles. The second-order valence-electron chi connectivity index (χ2n) is 3.88. The lowest BCUT2D eigenvalue weighted by Gasteiger charge is -2.09. The smallest absolute Gasteiger partial charge is 0.307 e. The minimum absolute atomic E-state index is 0.363. The van der Waals surface area contributed by atoms with Gasteiger partial charge in [0.05, 0.1) is 5.56 Å². The van der Waals surface area contributed by atoms with E-state index in [0.717, 1.165) is 3.57 Å². The summed E-state index contributed by atoms with van der Waals surface area (Å²) in [7, 11) is 0. The van der Waals surface area contributed by atoms with Crippen molar-refractivity contribution < 1.29 is 9.59 Å². The number of rotatable bonds is 2. The molecular formula is C14H12IN3O2. The topological polar surface area (TPSA) is 70.2 Å². The minimum atomic E-state index is -0.504. The number of urea groups is 1. The Kier molecular flexibility index (Phi) is 4.94. The number of amides is 3. The molecule has 5 nitrogen and oxygen atoms in total. The highest BCUT2D eigenvalue weighted by Crippen LogP contribution is 2.10. The largest absolute Gasteiger partial charge is 0.337 e. The van der Waals surface area contributed by atoms with Crippen molar-refractivity contribution >= 4 is 40.2 Å². The van der Waals surface area contributed by atoms with E-state index >= 15 is 0 Å². The number of nitrogens with one attached hydrogen (secondary N) is 3. The average molecular weight is 381 g/mol. The summed E-state index contributed by atoms with van der Waals surface area (Å²) >= 11 is 2.06. The fourth-order valence-electron chi connectivity index (χ4n) is 1.51. The Morgan fingerprint density at radius 1 is 0.850 bits per heavy atom. The lowest BCUT2D eigenvalue weighted by molar-refractivity contribution is 0.0937. The molecule has 20 heavy (non-hydrogen) atoms. The summed E-state index contributed by atoms with van der Waals surface area (Å²) in [6.07, 6.45) is 0. The van der Waals surface area contributed by atoms with E-state index in [0.29, 0.717) is 11.3 Å². The van der Waals surface area contributed by atoms with Gasteiger partial charge in [0.15, 0.2) is 0 Å². The van der Waals surface area contributed by atoms with Crippen molar-refractivity contribution in [3.05, 3.63) is 63.7 Å². The number of para-hydroxylation sites is 1. The van der Waals surface area contributed by atoms with Crippen LogP contribution in [0.1, 0.15) is 10.4 Å². The molecule has 0 atom stereocenters. The molecule has 0 aliphatic heterocycles. The highest BCUT2D eigenvalue weighted by molar-refractivity contribution is 14.1. The maximum absolute atomic E-state index is 11.9. The molecule has 2 aromatic rings. The Balaban J connectivity index is 1.88. The summed E-state index contributed by atoms with van der Waals surface area (Å²) in [5.41, 5.74) is 5.81. The van der Waals surface area contributed by atoms with Crippen LogP contribution in [0.15, 0.2) is 54.6 Å². The molecule has 0 aliphatic carbocycles. The maximum atomic E-state index is 11.9. The van der Waals surface area contributed by atoms with Crippen LogP contribution < -0.4 is 16.2 Å². The van der Waals surface area contributed by atoms with Crippen molar-refractivity contribution in [1.29, 1.82) is 0 Å². The van der Waals surface area contributed by atoms with Crippen LogP contribution in [0.5, 0.6) is 0 Å². The Morgan fingerprint density at radius 3 is 2.20 bits per heavy atom. The molecular weight excluding hydrogens is 369 g/mol. The van der Waals surface area contributed by atoms with Crippen molar-refractivity contribution in [1.82, 2.24) is 10.9 Å². The first-order valence-electron chi connectivity index (χ1n) is 5.84. The van der Waals surface area contributed by atoms with Gasteiger partial charge in [-0.25, -0.2) is 10.2 Å². The van der Waals surface area contributed by atoms with Crippen LogP contribution in [-0.4, -0.2) is 11.9 Å². The fraction of sp³-hybridized carbons (Fsp3) is 0. The normalized spacial score (nSPS) is 9.65. The number of anilines is 1. The molecule has 0 radical (unpaired) electrons. The monoisotopic (exact) mass is 381 g/mol. The third-order valence-electron chi connectivity index (χ3n) is 2.44. The molecule has 0 spiro atoms. The van der Waals surface area contributed by atoms with Crippen molar-refractivity contribution in [2.75, 3.05) is 5.32 Å². The molecule has 0 bridgehead atoms. The summed E-state index contributed by atoms with van der Waals surface area (Å²) in [6, 6.07) is 15.6. The highest BCUT2D eigenvalue weighted by Gasteiger charge is 2.09. The number of benzene rings is 2. The molecule has 0 aromatic heterocycles. The summed E-state index contributed by atoms with van der Waals surface area (Å²) in [4.78, 5) is 23.5. The Labute approximate surface area is 129 Å². The first-order chi connectivity index (χ1) is 9.66. The van der Waals surface area contributed by atoms with Gasteiger partial charge in [0.25, 0.3) is 5.91 Å². The van der Waals surface area contributed by atoms with E-state index in [1.807, 2.05) is 18.2 Å². The first-order valence-corrected chi connectivity index (χ1v) is 6.91. The number of halogens is 1. The van der Waals surface area contributed by atoms with Gasteiger partial charge in [-0.05, 0) is 46.9 Å². The zero-order valence-corrected chi connectivity index (χ0v) is 12.5. The highest BCUT2D eigenvalue weighted by atomic mass is 127. The standard InChI is InChI=1S/C14H12IN3O2/c15-12-9-5-4-8-11(12)13(19)17-18-14(20)16-10-6-2-1-3-7-10/h1-9H,(H,17,19)(H2,16,18,20). The van der Waals surface area contributed by atoms with Crippen molar-refractivity contribution in [3.8, 4) is 0 Å². The first kappa shape index (κ1) is 14.3. The van der Waals surface area contributed by atoms with E-state index in [-0.39, 0.29) is 5.91 Å². The summed E-state index contributed by atoms with van der Waals surface area (Å²) in [5.74, 6) is -0.363. The van der Waals surface area contributed by atoms with Crippen LogP contribution in [0, 0.1) is 3.57 Å². The van der Waals surface area contributed by atoms with Gasteiger partial charge in [0, 0.05) is 9.26 Å². The lowest BCUT2D eigenvalue weighted by Crippen LogP contribution is -2.44. The van der Waals surface area contributed by atoms with Crippen LogP contribution in [0.25, 0.3) is 0 Å². The molecule has 0 fully saturated rings. The molecule has 3 N–H and O–H groups in total. The predicted octanol–water partition coefficient (Wildman–Crippen LogP) is 2.76. The van der Waals surface area contributed by atoms with Crippen LogP contribution in [-0.2, 0) is 0 Å². The molecule has 0 saturated heterocycles. The zero-order chi connectivity index (χ0) is 14.4. The fourth-order valence-corrected chi connectivity index (χ4v) is 2.14. The van der Waals surface area contributed by atoms with Crippen molar-refractivity contribution in [3.63, 3.8) is 0 Å². The third kappa shape index (κ3) is 3.95. The lowest BCUT2D eigenvalue weighted by atomic mass is 10.2. The second kappa shape index (κ2) is 6.90. The van der Waals surface area contributed by atoms with Gasteiger partial charge in [0.1, 0.15) is 0 Å². The van der Waals surface area contributed by atoms with Gasteiger partial charge >= 0.3 is 6.03 Å². The van der Waals surface area contributed by atoms with Gasteiger partial charge in [-0.1, -0.05) is 30.3 Å². The van der Waals surface area contributed by atoms with Gasteiger partial charge in [-0.2, -0.15) is 0 Å². The molecule has 0 unspecified atom stereocenters. The number of carbonyl (C=O) groups is 2. The molecule has 3 amide bonds. The van der Waals surface area contributed by atoms with E-state index in [1.165, 1.54) is 0 Å². The number of hydrazine groups is 1. The Bertz CT molecular complexity index is 617. The number of hydrogen-bond donors (Lipinski definition) is 3. The van der Waals surface area contributed by atoms with Crippen LogP contribution in [0.3, 0.4) is 0 Å². The minimum Gasteiger partial charge on any atom is -0.307 e. The maximum Gasteiger partial charge on any atom is 0.337 e. The zero-order valence-electron chi connectivity index (χ0n) is 10.4. The van der Waals surface area contributed by atoms with E-state index in [1.54, 1.807) is 36.4 Å². The summed E-state index contributed by atoms with van der Waals surface area (Å²) in [5, 5.41) is 2.60. The van der Waals surface area contributed by atoms with E-state index < -0.39 is 6.03 Å². The van der Waals surface area contributed by atoms with Gasteiger partial charge < -0.3 is 5.32 Å². The Hall–Kier alpha value is -2.09. The van der Waals surface area contributed by atoms with E-state index in [2.05, 4.69) is 38.8 Å². The quantitative estimate of drug-likeness (QED) is 0.553. The third-order valence-corrected chi connectivity index (χ3v) is 3.38. The van der Waals surface area contributed by atoms with Crippen LogP contribution >= 0.6 is 22.6 Å². The summed E-state index contributed by atoms with van der Waals surface area (Å²) < 4.78 is 0.813. The molecule has 102 valence electrons. The molecule has 0 aliphatic rings. The SMILES string of the molecule is O=C(NNC(=O)c1ccccc1I)Nc1ccccc1. The van der Waals surface area contributed by atoms with Gasteiger partial charge in [-0.3, -0.25) is 10.2 Å². The van der Waals surface area contributed by atoms with Gasteiger partial charge in [-0.15, -0.1) is 0 Å². The Morgan fingerprint density at radius 2 is 1.50 bits per heavy atom. The van der Waals surface area contributed by atoms with Crippen LogP contribution in [0.2, 0.25) is 0 Å².